The summed E-state index contributed by atoms with van der Waals surface area (Å²) in [6.45, 7) is 1.39. The van der Waals surface area contributed by atoms with Gasteiger partial charge in [0.05, 0.1) is 10.9 Å². The highest BCUT2D eigenvalue weighted by Gasteiger charge is 2.21. The summed E-state index contributed by atoms with van der Waals surface area (Å²) in [5.74, 6) is -0.416. The van der Waals surface area contributed by atoms with Crippen molar-refractivity contribution in [2.24, 2.45) is 0 Å². The maximum Gasteiger partial charge on any atom is 0.240 e. The van der Waals surface area contributed by atoms with Crippen molar-refractivity contribution in [2.45, 2.75) is 43.5 Å². The highest BCUT2D eigenvalue weighted by molar-refractivity contribution is 7.89. The molecule has 0 unspecified atom stereocenters. The lowest BCUT2D eigenvalue weighted by Crippen LogP contribution is -2.34. The standard InChI is InChI=1S/C21H25N3O4S/c1-15(25)23-17-9-11-18(12-10-17)29(27,28)22-14-13-21(26)24-20-8-4-6-16-5-2-3-7-19(16)20/h2-3,5,7,9-12,20,22H,4,6,8,13-14H2,1H3,(H,23,25)(H,24,26)/t20-/m1/s1. The molecule has 0 aliphatic heterocycles. The van der Waals surface area contributed by atoms with Crippen LogP contribution in [0.2, 0.25) is 0 Å². The third kappa shape index (κ3) is 5.65. The smallest absolute Gasteiger partial charge is 0.240 e. The van der Waals surface area contributed by atoms with Crippen molar-refractivity contribution >= 4 is 27.5 Å². The Balaban J connectivity index is 1.51. The average molecular weight is 416 g/mol. The number of sulfonamides is 1. The lowest BCUT2D eigenvalue weighted by molar-refractivity contribution is -0.121. The Labute approximate surface area is 171 Å². The number of hydrogen-bond acceptors (Lipinski definition) is 4. The Bertz CT molecular complexity index is 987. The molecule has 0 aromatic heterocycles. The quantitative estimate of drug-likeness (QED) is 0.646. The van der Waals surface area contributed by atoms with E-state index in [0.29, 0.717) is 5.69 Å². The van der Waals surface area contributed by atoms with Gasteiger partial charge < -0.3 is 10.6 Å². The van der Waals surface area contributed by atoms with Gasteiger partial charge in [-0.25, -0.2) is 13.1 Å². The molecule has 0 saturated heterocycles. The molecule has 7 nitrogen and oxygen atoms in total. The summed E-state index contributed by atoms with van der Waals surface area (Å²) in [6, 6.07) is 13.9. The first kappa shape index (κ1) is 21.0. The second kappa shape index (κ2) is 9.19. The second-order valence-corrected chi connectivity index (χ2v) is 8.83. The molecule has 0 fully saturated rings. The van der Waals surface area contributed by atoms with Crippen molar-refractivity contribution < 1.29 is 18.0 Å². The molecule has 0 spiro atoms. The van der Waals surface area contributed by atoms with Gasteiger partial charge in [-0.15, -0.1) is 0 Å². The fraction of sp³-hybridized carbons (Fsp3) is 0.333. The average Bonchev–Trinajstić information content (AvgIpc) is 2.68. The lowest BCUT2D eigenvalue weighted by Gasteiger charge is -2.26. The molecule has 2 amide bonds. The Kier molecular flexibility index (Phi) is 6.66. The Morgan fingerprint density at radius 2 is 1.79 bits per heavy atom. The molecule has 0 saturated carbocycles. The van der Waals surface area contributed by atoms with Gasteiger partial charge in [-0.2, -0.15) is 0 Å². The molecule has 1 aliphatic rings. The topological polar surface area (TPSA) is 104 Å². The van der Waals surface area contributed by atoms with E-state index >= 15 is 0 Å². The zero-order valence-electron chi connectivity index (χ0n) is 16.3. The molecule has 8 heteroatoms. The first-order chi connectivity index (χ1) is 13.8. The summed E-state index contributed by atoms with van der Waals surface area (Å²) in [5, 5.41) is 5.59. The van der Waals surface area contributed by atoms with Crippen molar-refractivity contribution in [3.05, 3.63) is 59.7 Å². The van der Waals surface area contributed by atoms with E-state index in [1.807, 2.05) is 18.2 Å². The van der Waals surface area contributed by atoms with E-state index in [0.717, 1.165) is 24.8 Å². The Morgan fingerprint density at radius 1 is 1.07 bits per heavy atom. The van der Waals surface area contributed by atoms with E-state index in [1.165, 1.54) is 36.8 Å². The number of carbonyl (C=O) groups excluding carboxylic acids is 2. The Morgan fingerprint density at radius 3 is 2.52 bits per heavy atom. The third-order valence-corrected chi connectivity index (χ3v) is 6.31. The predicted molar refractivity (Wildman–Crippen MR) is 111 cm³/mol. The maximum absolute atomic E-state index is 12.4. The van der Waals surface area contributed by atoms with Crippen LogP contribution in [0.4, 0.5) is 5.69 Å². The van der Waals surface area contributed by atoms with Crippen molar-refractivity contribution in [3.8, 4) is 0 Å². The van der Waals surface area contributed by atoms with E-state index in [4.69, 9.17) is 0 Å². The molecule has 1 aliphatic carbocycles. The van der Waals surface area contributed by atoms with E-state index in [1.54, 1.807) is 0 Å². The molecular weight excluding hydrogens is 390 g/mol. The summed E-state index contributed by atoms with van der Waals surface area (Å²) in [7, 11) is -3.73. The number of amides is 2. The zero-order valence-corrected chi connectivity index (χ0v) is 17.1. The van der Waals surface area contributed by atoms with Gasteiger partial charge in [0.25, 0.3) is 0 Å². The first-order valence-electron chi connectivity index (χ1n) is 9.59. The van der Waals surface area contributed by atoms with Crippen molar-refractivity contribution in [1.82, 2.24) is 10.0 Å². The summed E-state index contributed by atoms with van der Waals surface area (Å²) in [4.78, 5) is 23.4. The number of aryl methyl sites for hydroxylation is 1. The van der Waals surface area contributed by atoms with Crippen LogP contribution in [0.15, 0.2) is 53.4 Å². The molecular formula is C21H25N3O4S. The van der Waals surface area contributed by atoms with Crippen LogP contribution in [-0.4, -0.2) is 26.8 Å². The van der Waals surface area contributed by atoms with E-state index < -0.39 is 10.0 Å². The van der Waals surface area contributed by atoms with Crippen LogP contribution in [0.3, 0.4) is 0 Å². The van der Waals surface area contributed by atoms with Crippen molar-refractivity contribution in [2.75, 3.05) is 11.9 Å². The van der Waals surface area contributed by atoms with Gasteiger partial charge in [-0.1, -0.05) is 24.3 Å². The molecule has 0 heterocycles. The predicted octanol–water partition coefficient (Wildman–Crippen LogP) is 2.51. The SMILES string of the molecule is CC(=O)Nc1ccc(S(=O)(=O)NCCC(=O)N[C@@H]2CCCc3ccccc32)cc1. The van der Waals surface area contributed by atoms with E-state index in [2.05, 4.69) is 21.4 Å². The van der Waals surface area contributed by atoms with E-state index in [9.17, 15) is 18.0 Å². The number of hydrogen-bond donors (Lipinski definition) is 3. The molecule has 29 heavy (non-hydrogen) atoms. The minimum Gasteiger partial charge on any atom is -0.349 e. The van der Waals surface area contributed by atoms with Gasteiger partial charge in [0.15, 0.2) is 0 Å². The summed E-state index contributed by atoms with van der Waals surface area (Å²) >= 11 is 0. The van der Waals surface area contributed by atoms with Gasteiger partial charge >= 0.3 is 0 Å². The fourth-order valence-electron chi connectivity index (χ4n) is 3.47. The largest absolute Gasteiger partial charge is 0.349 e. The third-order valence-electron chi connectivity index (χ3n) is 4.83. The van der Waals surface area contributed by atoms with Crippen LogP contribution < -0.4 is 15.4 Å². The van der Waals surface area contributed by atoms with Crippen LogP contribution in [0.25, 0.3) is 0 Å². The molecule has 3 rings (SSSR count). The van der Waals surface area contributed by atoms with Gasteiger partial charge in [0, 0.05) is 25.6 Å². The van der Waals surface area contributed by atoms with Gasteiger partial charge in [-0.05, 0) is 54.7 Å². The van der Waals surface area contributed by atoms with Crippen LogP contribution in [0, 0.1) is 0 Å². The molecule has 2 aromatic rings. The number of carbonyl (C=O) groups is 2. The highest BCUT2D eigenvalue weighted by atomic mass is 32.2. The highest BCUT2D eigenvalue weighted by Crippen LogP contribution is 2.29. The van der Waals surface area contributed by atoms with Crippen LogP contribution >= 0.6 is 0 Å². The van der Waals surface area contributed by atoms with Gasteiger partial charge in [0.1, 0.15) is 0 Å². The normalized spacial score (nSPS) is 16.0. The van der Waals surface area contributed by atoms with Gasteiger partial charge in [-0.3, -0.25) is 9.59 Å². The molecule has 3 N–H and O–H groups in total. The molecule has 2 aromatic carbocycles. The number of benzene rings is 2. The van der Waals surface area contributed by atoms with Gasteiger partial charge in [0.2, 0.25) is 21.8 Å². The van der Waals surface area contributed by atoms with Crippen LogP contribution in [0.1, 0.15) is 43.4 Å². The number of fused-ring (bicyclic) bond motifs is 1. The molecule has 0 bridgehead atoms. The van der Waals surface area contributed by atoms with Crippen LogP contribution in [-0.2, 0) is 26.0 Å². The first-order valence-corrected chi connectivity index (χ1v) is 11.1. The summed E-state index contributed by atoms with van der Waals surface area (Å²) in [6.07, 6.45) is 2.98. The zero-order chi connectivity index (χ0) is 20.9. The maximum atomic E-state index is 12.4. The van der Waals surface area contributed by atoms with E-state index in [-0.39, 0.29) is 35.7 Å². The number of anilines is 1. The second-order valence-electron chi connectivity index (χ2n) is 7.06. The molecule has 154 valence electrons. The fourth-order valence-corrected chi connectivity index (χ4v) is 4.51. The van der Waals surface area contributed by atoms with Crippen molar-refractivity contribution in [1.29, 1.82) is 0 Å². The monoisotopic (exact) mass is 415 g/mol. The Hall–Kier alpha value is -2.71. The number of rotatable bonds is 7. The van der Waals surface area contributed by atoms with Crippen LogP contribution in [0.5, 0.6) is 0 Å². The molecule has 0 radical (unpaired) electrons. The minimum atomic E-state index is -3.73. The van der Waals surface area contributed by atoms with Crippen molar-refractivity contribution in [3.63, 3.8) is 0 Å². The lowest BCUT2D eigenvalue weighted by atomic mass is 9.88. The minimum absolute atomic E-state index is 0.00990. The summed E-state index contributed by atoms with van der Waals surface area (Å²) < 4.78 is 27.2. The summed E-state index contributed by atoms with van der Waals surface area (Å²) in [5.41, 5.74) is 2.92. The molecule has 1 atom stereocenters. The number of nitrogens with one attached hydrogen (secondary N) is 3.